The number of carbonyl (C=O) groups excluding carboxylic acids is 1. The zero-order chi connectivity index (χ0) is 17.4. The summed E-state index contributed by atoms with van der Waals surface area (Å²) >= 11 is 0. The number of rotatable bonds is 2. The van der Waals surface area contributed by atoms with Crippen LogP contribution in [0.4, 0.5) is 0 Å². The molecule has 3 aromatic rings. The first-order valence-electron chi connectivity index (χ1n) is 8.27. The lowest BCUT2D eigenvalue weighted by Gasteiger charge is -2.11. The van der Waals surface area contributed by atoms with Crippen LogP contribution < -0.4 is 5.32 Å². The van der Waals surface area contributed by atoms with E-state index in [-0.39, 0.29) is 12.5 Å². The first-order chi connectivity index (χ1) is 12.2. The molecule has 5 nitrogen and oxygen atoms in total. The minimum atomic E-state index is -0.0752. The maximum Gasteiger partial charge on any atom is 0.267 e. The van der Waals surface area contributed by atoms with Crippen LogP contribution in [0.15, 0.2) is 42.5 Å². The minimum absolute atomic E-state index is 0.00533. The van der Waals surface area contributed by atoms with Crippen LogP contribution in [0, 0.1) is 11.3 Å². The van der Waals surface area contributed by atoms with Crippen LogP contribution >= 0.6 is 0 Å². The van der Waals surface area contributed by atoms with Crippen molar-refractivity contribution in [3.05, 3.63) is 59.3 Å². The summed E-state index contributed by atoms with van der Waals surface area (Å²) in [4.78, 5) is 12.3. The first kappa shape index (κ1) is 15.4. The van der Waals surface area contributed by atoms with Crippen LogP contribution in [-0.2, 0) is 13.2 Å². The molecule has 0 radical (unpaired) electrons. The van der Waals surface area contributed by atoms with Gasteiger partial charge in [-0.1, -0.05) is 24.3 Å². The number of hydrogen-bond acceptors (Lipinski definition) is 3. The number of carbonyl (C=O) groups is 1. The number of fused-ring (bicyclic) bond motifs is 3. The molecule has 0 spiro atoms. The van der Waals surface area contributed by atoms with Gasteiger partial charge in [0.2, 0.25) is 0 Å². The molecule has 2 heterocycles. The molecule has 0 bridgehead atoms. The summed E-state index contributed by atoms with van der Waals surface area (Å²) in [6.45, 7) is 1.42. The summed E-state index contributed by atoms with van der Waals surface area (Å²) in [5, 5.41) is 22.4. The lowest BCUT2D eigenvalue weighted by atomic mass is 9.99. The summed E-state index contributed by atoms with van der Waals surface area (Å²) < 4.78 is 2.05. The molecular weight excluding hydrogens is 314 g/mol. The van der Waals surface area contributed by atoms with Crippen molar-refractivity contribution >= 4 is 16.8 Å². The largest absolute Gasteiger partial charge is 0.392 e. The zero-order valence-corrected chi connectivity index (χ0v) is 13.6. The highest BCUT2D eigenvalue weighted by molar-refractivity contribution is 6.03. The topological polar surface area (TPSA) is 78.0 Å². The monoisotopic (exact) mass is 331 g/mol. The fourth-order valence-electron chi connectivity index (χ4n) is 3.44. The Morgan fingerprint density at radius 1 is 1.20 bits per heavy atom. The molecule has 0 unspecified atom stereocenters. The Bertz CT molecular complexity index is 1010. The number of nitrogens with one attached hydrogen (secondary N) is 1. The van der Waals surface area contributed by atoms with Crippen molar-refractivity contribution in [3.8, 4) is 17.2 Å². The van der Waals surface area contributed by atoms with E-state index in [1.54, 1.807) is 0 Å². The molecule has 5 heteroatoms. The molecule has 0 atom stereocenters. The molecule has 0 fully saturated rings. The van der Waals surface area contributed by atoms with Crippen molar-refractivity contribution in [1.82, 2.24) is 9.88 Å². The Balaban J connectivity index is 2.01. The van der Waals surface area contributed by atoms with Crippen molar-refractivity contribution in [1.29, 1.82) is 5.26 Å². The highest BCUT2D eigenvalue weighted by atomic mass is 16.3. The first-order valence-corrected chi connectivity index (χ1v) is 8.27. The van der Waals surface area contributed by atoms with E-state index in [9.17, 15) is 15.2 Å². The molecule has 4 rings (SSSR count). The maximum atomic E-state index is 12.3. The summed E-state index contributed by atoms with van der Waals surface area (Å²) in [7, 11) is 0. The SMILES string of the molecule is N#Cc1cc(-c2ccc(CO)cc2)c2c(c1)cc1n2CCCNC1=O. The van der Waals surface area contributed by atoms with E-state index in [0.29, 0.717) is 17.8 Å². The molecule has 1 aliphatic heterocycles. The minimum Gasteiger partial charge on any atom is -0.392 e. The van der Waals surface area contributed by atoms with Crippen LogP contribution in [0.25, 0.3) is 22.0 Å². The second-order valence-electron chi connectivity index (χ2n) is 6.22. The molecule has 25 heavy (non-hydrogen) atoms. The van der Waals surface area contributed by atoms with Gasteiger partial charge in [-0.3, -0.25) is 4.79 Å². The number of hydrogen-bond donors (Lipinski definition) is 2. The molecule has 1 aromatic heterocycles. The number of benzene rings is 2. The summed E-state index contributed by atoms with van der Waals surface area (Å²) in [6.07, 6.45) is 0.866. The number of amides is 1. The molecule has 1 amide bonds. The average molecular weight is 331 g/mol. The van der Waals surface area contributed by atoms with Gasteiger partial charge in [0.15, 0.2) is 0 Å². The third kappa shape index (κ3) is 2.57. The average Bonchev–Trinajstić information content (AvgIpc) is 2.93. The van der Waals surface area contributed by atoms with Gasteiger partial charge in [-0.15, -0.1) is 0 Å². The summed E-state index contributed by atoms with van der Waals surface area (Å²) in [6, 6.07) is 15.4. The molecule has 2 aromatic carbocycles. The predicted octanol–water partition coefficient (Wildman–Crippen LogP) is 2.81. The van der Waals surface area contributed by atoms with Gasteiger partial charge in [0.05, 0.1) is 23.8 Å². The van der Waals surface area contributed by atoms with Gasteiger partial charge in [-0.2, -0.15) is 5.26 Å². The highest BCUT2D eigenvalue weighted by Crippen LogP contribution is 2.33. The number of aromatic nitrogens is 1. The number of aryl methyl sites for hydroxylation is 1. The molecule has 0 aliphatic carbocycles. The normalized spacial score (nSPS) is 13.8. The maximum absolute atomic E-state index is 12.3. The van der Waals surface area contributed by atoms with Crippen molar-refractivity contribution < 1.29 is 9.90 Å². The van der Waals surface area contributed by atoms with E-state index in [0.717, 1.165) is 40.6 Å². The molecule has 1 aliphatic rings. The number of nitrogens with zero attached hydrogens (tertiary/aromatic N) is 2. The lowest BCUT2D eigenvalue weighted by Crippen LogP contribution is -2.22. The van der Waals surface area contributed by atoms with Crippen molar-refractivity contribution in [3.63, 3.8) is 0 Å². The predicted molar refractivity (Wildman–Crippen MR) is 95.0 cm³/mol. The van der Waals surface area contributed by atoms with Crippen LogP contribution in [0.3, 0.4) is 0 Å². The van der Waals surface area contributed by atoms with Crippen LogP contribution in [0.1, 0.15) is 28.0 Å². The second kappa shape index (κ2) is 6.08. The Morgan fingerprint density at radius 3 is 2.72 bits per heavy atom. The van der Waals surface area contributed by atoms with E-state index in [2.05, 4.69) is 11.4 Å². The Morgan fingerprint density at radius 2 is 2.00 bits per heavy atom. The van der Waals surface area contributed by atoms with Crippen LogP contribution in [0.2, 0.25) is 0 Å². The van der Waals surface area contributed by atoms with Crippen molar-refractivity contribution in [2.45, 2.75) is 19.6 Å². The number of aliphatic hydroxyl groups excluding tert-OH is 1. The van der Waals surface area contributed by atoms with E-state index >= 15 is 0 Å². The molecule has 2 N–H and O–H groups in total. The number of nitriles is 1. The second-order valence-corrected chi connectivity index (χ2v) is 6.22. The van der Waals surface area contributed by atoms with E-state index in [4.69, 9.17) is 0 Å². The molecular formula is C20H17N3O2. The van der Waals surface area contributed by atoms with Gasteiger partial charge in [0.1, 0.15) is 5.69 Å². The fraction of sp³-hybridized carbons (Fsp3) is 0.200. The van der Waals surface area contributed by atoms with Crippen molar-refractivity contribution in [2.75, 3.05) is 6.54 Å². The Kier molecular flexibility index (Phi) is 3.75. The third-order valence-corrected chi connectivity index (χ3v) is 4.65. The molecule has 0 saturated carbocycles. The fourth-order valence-corrected chi connectivity index (χ4v) is 3.44. The van der Waals surface area contributed by atoms with Gasteiger partial charge in [-0.05, 0) is 35.7 Å². The highest BCUT2D eigenvalue weighted by Gasteiger charge is 2.21. The summed E-state index contributed by atoms with van der Waals surface area (Å²) in [5.74, 6) is -0.0752. The Hall–Kier alpha value is -3.10. The zero-order valence-electron chi connectivity index (χ0n) is 13.6. The molecule has 124 valence electrons. The lowest BCUT2D eigenvalue weighted by molar-refractivity contribution is 0.0951. The van der Waals surface area contributed by atoms with E-state index < -0.39 is 0 Å². The van der Waals surface area contributed by atoms with Gasteiger partial charge in [-0.25, -0.2) is 0 Å². The smallest absolute Gasteiger partial charge is 0.267 e. The van der Waals surface area contributed by atoms with Crippen molar-refractivity contribution in [2.24, 2.45) is 0 Å². The van der Waals surface area contributed by atoms with Gasteiger partial charge >= 0.3 is 0 Å². The van der Waals surface area contributed by atoms with Crippen LogP contribution in [-0.4, -0.2) is 22.1 Å². The molecule has 0 saturated heterocycles. The van der Waals surface area contributed by atoms with Gasteiger partial charge in [0, 0.05) is 24.0 Å². The van der Waals surface area contributed by atoms with Gasteiger partial charge in [0.25, 0.3) is 5.91 Å². The Labute approximate surface area is 145 Å². The van der Waals surface area contributed by atoms with E-state index in [1.165, 1.54) is 0 Å². The van der Waals surface area contributed by atoms with Gasteiger partial charge < -0.3 is 15.0 Å². The standard InChI is InChI=1S/C20H17N3O2/c21-11-14-8-16-10-18-20(25)22-6-1-7-23(18)19(16)17(9-14)15-4-2-13(12-24)3-5-15/h2-5,8-10,24H,1,6-7,12H2,(H,22,25). The third-order valence-electron chi connectivity index (χ3n) is 4.65. The van der Waals surface area contributed by atoms with E-state index in [1.807, 2.05) is 47.0 Å². The quantitative estimate of drug-likeness (QED) is 0.758. The van der Waals surface area contributed by atoms with Crippen LogP contribution in [0.5, 0.6) is 0 Å². The summed E-state index contributed by atoms with van der Waals surface area (Å²) in [5.41, 5.74) is 4.91. The number of aliphatic hydroxyl groups is 1.